The number of benzene rings is 1. The summed E-state index contributed by atoms with van der Waals surface area (Å²) in [7, 11) is 0. The van der Waals surface area contributed by atoms with E-state index in [4.69, 9.17) is 0 Å². The fourth-order valence-electron chi connectivity index (χ4n) is 1.66. The zero-order valence-corrected chi connectivity index (χ0v) is 11.0. The van der Waals surface area contributed by atoms with Gasteiger partial charge in [0.05, 0.1) is 0 Å². The quantitative estimate of drug-likeness (QED) is 0.709. The summed E-state index contributed by atoms with van der Waals surface area (Å²) in [6, 6.07) is 5.03. The number of hydrogen-bond donors (Lipinski definition) is 0. The molecule has 0 unspecified atom stereocenters. The molecule has 0 amide bonds. The van der Waals surface area contributed by atoms with Crippen molar-refractivity contribution in [1.82, 2.24) is 0 Å². The summed E-state index contributed by atoms with van der Waals surface area (Å²) in [5, 5.41) is 0. The molecule has 0 heterocycles. The fourth-order valence-corrected chi connectivity index (χ4v) is 1.66. The molecule has 2 nitrogen and oxygen atoms in total. The molecule has 0 aliphatic heterocycles. The van der Waals surface area contributed by atoms with Crippen LogP contribution in [0, 0.1) is 5.92 Å². The van der Waals surface area contributed by atoms with Gasteiger partial charge in [-0.05, 0) is 36.6 Å². The van der Waals surface area contributed by atoms with Crippen LogP contribution in [0.3, 0.4) is 0 Å². The second-order valence-corrected chi connectivity index (χ2v) is 4.78. The molecule has 0 aliphatic carbocycles. The molecule has 19 heavy (non-hydrogen) atoms. The van der Waals surface area contributed by atoms with E-state index in [1.807, 2.05) is 0 Å². The first-order valence-electron chi connectivity index (χ1n) is 6.17. The number of Topliss-reactive ketones (excluding diaryl/α,β-unsaturated/α-hetero) is 1. The molecule has 0 N–H and O–H groups in total. The van der Waals surface area contributed by atoms with Gasteiger partial charge in [0.1, 0.15) is 5.75 Å². The summed E-state index contributed by atoms with van der Waals surface area (Å²) < 4.78 is 39.6. The monoisotopic (exact) mass is 274 g/mol. The van der Waals surface area contributed by atoms with Gasteiger partial charge in [-0.1, -0.05) is 20.3 Å². The Morgan fingerprint density at radius 2 is 1.79 bits per heavy atom. The maximum atomic E-state index is 12.0. The van der Waals surface area contributed by atoms with Crippen LogP contribution in [0.4, 0.5) is 13.2 Å². The van der Waals surface area contributed by atoms with Crippen molar-refractivity contribution >= 4 is 5.78 Å². The summed E-state index contributed by atoms with van der Waals surface area (Å²) in [4.78, 5) is 11.8. The van der Waals surface area contributed by atoms with Gasteiger partial charge in [0.2, 0.25) is 0 Å². The van der Waals surface area contributed by atoms with Crippen LogP contribution in [0.1, 0.15) is 43.5 Å². The summed E-state index contributed by atoms with van der Waals surface area (Å²) in [6.45, 7) is 4.15. The van der Waals surface area contributed by atoms with Gasteiger partial charge in [-0.15, -0.1) is 13.2 Å². The largest absolute Gasteiger partial charge is 0.573 e. The van der Waals surface area contributed by atoms with Gasteiger partial charge < -0.3 is 4.74 Å². The van der Waals surface area contributed by atoms with Gasteiger partial charge in [0, 0.05) is 12.0 Å². The van der Waals surface area contributed by atoms with Crippen molar-refractivity contribution in [2.45, 2.75) is 39.5 Å². The van der Waals surface area contributed by atoms with Crippen LogP contribution in [0.15, 0.2) is 24.3 Å². The third kappa shape index (κ3) is 6.27. The van der Waals surface area contributed by atoms with Crippen molar-refractivity contribution in [3.8, 4) is 5.75 Å². The molecule has 0 saturated carbocycles. The van der Waals surface area contributed by atoms with Gasteiger partial charge >= 0.3 is 6.36 Å². The Morgan fingerprint density at radius 3 is 2.26 bits per heavy atom. The highest BCUT2D eigenvalue weighted by molar-refractivity contribution is 5.96. The molecule has 0 atom stereocenters. The van der Waals surface area contributed by atoms with Gasteiger partial charge in [0.15, 0.2) is 5.78 Å². The molecule has 0 aliphatic rings. The van der Waals surface area contributed by atoms with Gasteiger partial charge in [-0.2, -0.15) is 0 Å². The molecule has 0 aromatic heterocycles. The summed E-state index contributed by atoms with van der Waals surface area (Å²) in [5.41, 5.74) is 0.415. The predicted molar refractivity (Wildman–Crippen MR) is 66.1 cm³/mol. The number of halogens is 3. The van der Waals surface area contributed by atoms with E-state index < -0.39 is 6.36 Å². The van der Waals surface area contributed by atoms with Gasteiger partial charge in [-0.25, -0.2) is 0 Å². The van der Waals surface area contributed by atoms with Gasteiger partial charge in [-0.3, -0.25) is 4.79 Å². The van der Waals surface area contributed by atoms with Crippen molar-refractivity contribution in [3.05, 3.63) is 29.8 Å². The Labute approximate surface area is 110 Å². The van der Waals surface area contributed by atoms with Crippen LogP contribution in [-0.2, 0) is 0 Å². The molecule has 1 rings (SSSR count). The predicted octanol–water partition coefficient (Wildman–Crippen LogP) is 4.59. The Hall–Kier alpha value is -1.52. The highest BCUT2D eigenvalue weighted by atomic mass is 19.4. The summed E-state index contributed by atoms with van der Waals surface area (Å²) in [5.74, 6) is 0.167. The van der Waals surface area contributed by atoms with E-state index in [2.05, 4.69) is 18.6 Å². The van der Waals surface area contributed by atoms with Crippen molar-refractivity contribution in [2.75, 3.05) is 0 Å². The van der Waals surface area contributed by atoms with E-state index in [1.165, 1.54) is 12.1 Å². The Bertz CT molecular complexity index is 408. The zero-order chi connectivity index (χ0) is 14.5. The fraction of sp³-hybridized carbons (Fsp3) is 0.500. The van der Waals surface area contributed by atoms with Crippen molar-refractivity contribution in [3.63, 3.8) is 0 Å². The van der Waals surface area contributed by atoms with Crippen LogP contribution in [0.5, 0.6) is 5.75 Å². The average molecular weight is 274 g/mol. The highest BCUT2D eigenvalue weighted by Crippen LogP contribution is 2.23. The van der Waals surface area contributed by atoms with E-state index in [0.717, 1.165) is 25.0 Å². The van der Waals surface area contributed by atoms with Crippen molar-refractivity contribution in [1.29, 1.82) is 0 Å². The van der Waals surface area contributed by atoms with E-state index in [1.54, 1.807) is 0 Å². The number of hydrogen-bond acceptors (Lipinski definition) is 2. The Kier molecular flexibility index (Phi) is 5.39. The lowest BCUT2D eigenvalue weighted by Crippen LogP contribution is -2.17. The first kappa shape index (κ1) is 15.5. The van der Waals surface area contributed by atoms with Gasteiger partial charge in [0.25, 0.3) is 0 Å². The minimum atomic E-state index is -4.71. The number of ketones is 1. The van der Waals surface area contributed by atoms with E-state index in [0.29, 0.717) is 17.9 Å². The van der Waals surface area contributed by atoms with Crippen LogP contribution in [0.25, 0.3) is 0 Å². The number of ether oxygens (including phenoxy) is 1. The molecular formula is C14H17F3O2. The van der Waals surface area contributed by atoms with Crippen LogP contribution < -0.4 is 4.74 Å². The lowest BCUT2D eigenvalue weighted by atomic mass is 10.0. The molecule has 0 fully saturated rings. The first-order valence-corrected chi connectivity index (χ1v) is 6.17. The summed E-state index contributed by atoms with van der Waals surface area (Å²) >= 11 is 0. The standard InChI is InChI=1S/C14H17F3O2/c1-10(2)4-3-5-13(18)11-6-8-12(9-7-11)19-14(15,16)17/h6-10H,3-5H2,1-2H3. The lowest BCUT2D eigenvalue weighted by Gasteiger charge is -2.09. The molecular weight excluding hydrogens is 257 g/mol. The lowest BCUT2D eigenvalue weighted by molar-refractivity contribution is -0.274. The molecule has 0 saturated heterocycles. The second-order valence-electron chi connectivity index (χ2n) is 4.78. The molecule has 5 heteroatoms. The zero-order valence-electron chi connectivity index (χ0n) is 11.0. The molecule has 1 aromatic carbocycles. The van der Waals surface area contributed by atoms with E-state index >= 15 is 0 Å². The van der Waals surface area contributed by atoms with Crippen LogP contribution in [-0.4, -0.2) is 12.1 Å². The maximum Gasteiger partial charge on any atom is 0.573 e. The Morgan fingerprint density at radius 1 is 1.21 bits per heavy atom. The topological polar surface area (TPSA) is 26.3 Å². The second kappa shape index (κ2) is 6.59. The average Bonchev–Trinajstić information content (AvgIpc) is 2.27. The minimum Gasteiger partial charge on any atom is -0.406 e. The van der Waals surface area contributed by atoms with E-state index in [9.17, 15) is 18.0 Å². The SMILES string of the molecule is CC(C)CCCC(=O)c1ccc(OC(F)(F)F)cc1. The molecule has 0 bridgehead atoms. The third-order valence-corrected chi connectivity index (χ3v) is 2.60. The first-order chi connectivity index (χ1) is 8.78. The van der Waals surface area contributed by atoms with Crippen LogP contribution >= 0.6 is 0 Å². The Balaban J connectivity index is 2.53. The van der Waals surface area contributed by atoms with Crippen molar-refractivity contribution < 1.29 is 22.7 Å². The third-order valence-electron chi connectivity index (χ3n) is 2.60. The van der Waals surface area contributed by atoms with Crippen LogP contribution in [0.2, 0.25) is 0 Å². The molecule has 1 aromatic rings. The smallest absolute Gasteiger partial charge is 0.406 e. The maximum absolute atomic E-state index is 12.0. The normalized spacial score (nSPS) is 11.7. The number of carbonyl (C=O) groups excluding carboxylic acids is 1. The van der Waals surface area contributed by atoms with Crippen molar-refractivity contribution in [2.24, 2.45) is 5.92 Å². The molecule has 106 valence electrons. The summed E-state index contributed by atoms with van der Waals surface area (Å²) in [6.07, 6.45) is -2.54. The number of carbonyl (C=O) groups is 1. The molecule has 0 spiro atoms. The number of alkyl halides is 3. The minimum absolute atomic E-state index is 0.0563. The number of rotatable bonds is 6. The van der Waals surface area contributed by atoms with E-state index in [-0.39, 0.29) is 11.5 Å². The molecule has 0 radical (unpaired) electrons. The highest BCUT2D eigenvalue weighted by Gasteiger charge is 2.31.